The van der Waals surface area contributed by atoms with Gasteiger partial charge in [0.05, 0.1) is 11.4 Å². The van der Waals surface area contributed by atoms with Gasteiger partial charge in [-0.1, -0.05) is 11.6 Å². The Morgan fingerprint density at radius 1 is 1.06 bits per heavy atom. The number of halogens is 1. The number of likely N-dealkylation sites (N-methyl/N-ethyl adjacent to an activating group) is 1. The van der Waals surface area contributed by atoms with E-state index in [1.54, 1.807) is 12.1 Å². The highest BCUT2D eigenvalue weighted by atomic mass is 35.5. The Morgan fingerprint density at radius 3 is 2.48 bits per heavy atom. The van der Waals surface area contributed by atoms with Crippen molar-refractivity contribution >= 4 is 29.3 Å². The number of fused-ring (bicyclic) bond motifs is 1. The SMILES string of the molecule is Cc1ccc2oc(C(=O)NCC(c3ccc(C)o3)N3CCN(C)CC3)cc(=O)c2c1.Cl. The highest BCUT2D eigenvalue weighted by molar-refractivity contribution is 5.93. The Labute approximate surface area is 187 Å². The predicted molar refractivity (Wildman–Crippen MR) is 122 cm³/mol. The molecule has 0 radical (unpaired) electrons. The number of hydrogen-bond donors (Lipinski definition) is 1. The summed E-state index contributed by atoms with van der Waals surface area (Å²) in [6.45, 7) is 7.89. The van der Waals surface area contributed by atoms with Crippen molar-refractivity contribution < 1.29 is 13.6 Å². The maximum atomic E-state index is 12.8. The Balaban J connectivity index is 0.00000272. The van der Waals surface area contributed by atoms with Gasteiger partial charge in [-0.15, -0.1) is 12.4 Å². The Hall–Kier alpha value is -2.61. The van der Waals surface area contributed by atoms with E-state index in [9.17, 15) is 9.59 Å². The second-order valence-electron chi connectivity index (χ2n) is 7.99. The van der Waals surface area contributed by atoms with E-state index in [0.717, 1.165) is 43.3 Å². The minimum Gasteiger partial charge on any atom is -0.465 e. The van der Waals surface area contributed by atoms with Gasteiger partial charge in [-0.2, -0.15) is 0 Å². The summed E-state index contributed by atoms with van der Waals surface area (Å²) in [5.41, 5.74) is 1.16. The first kappa shape index (κ1) is 23.1. The topological polar surface area (TPSA) is 78.9 Å². The molecule has 0 bridgehead atoms. The third-order valence-corrected chi connectivity index (χ3v) is 5.63. The molecular weight excluding hydrogens is 418 g/mol. The molecule has 166 valence electrons. The van der Waals surface area contributed by atoms with Gasteiger partial charge in [-0.05, 0) is 45.2 Å². The molecule has 3 heterocycles. The van der Waals surface area contributed by atoms with Crippen LogP contribution in [0, 0.1) is 13.8 Å². The van der Waals surface area contributed by atoms with E-state index in [-0.39, 0.29) is 29.6 Å². The van der Waals surface area contributed by atoms with Crippen LogP contribution in [0.15, 0.2) is 50.0 Å². The first-order valence-electron chi connectivity index (χ1n) is 10.2. The zero-order valence-electron chi connectivity index (χ0n) is 18.0. The predicted octanol–water partition coefficient (Wildman–Crippen LogP) is 3.14. The molecule has 2 aromatic heterocycles. The average molecular weight is 446 g/mol. The molecule has 3 aromatic rings. The lowest BCUT2D eigenvalue weighted by atomic mass is 10.1. The maximum absolute atomic E-state index is 12.8. The van der Waals surface area contributed by atoms with E-state index >= 15 is 0 Å². The number of furan rings is 1. The van der Waals surface area contributed by atoms with Crippen LogP contribution in [-0.4, -0.2) is 55.5 Å². The normalized spacial score (nSPS) is 16.1. The van der Waals surface area contributed by atoms with Crippen molar-refractivity contribution in [1.82, 2.24) is 15.1 Å². The van der Waals surface area contributed by atoms with Crippen molar-refractivity contribution in [3.05, 3.63) is 69.5 Å². The number of hydrogen-bond acceptors (Lipinski definition) is 6. The number of benzene rings is 1. The molecule has 1 N–H and O–H groups in total. The smallest absolute Gasteiger partial charge is 0.287 e. The standard InChI is InChI=1S/C23H27N3O4.ClH/c1-15-4-6-20-17(12-15)19(27)13-22(30-20)23(28)24-14-18(21-7-5-16(2)29-21)26-10-8-25(3)9-11-26;/h4-7,12-13,18H,8-11,14H2,1-3H3,(H,24,28);1H. The molecule has 1 aromatic carbocycles. The number of rotatable bonds is 5. The van der Waals surface area contributed by atoms with Gasteiger partial charge in [0.2, 0.25) is 0 Å². The molecule has 1 aliphatic rings. The lowest BCUT2D eigenvalue weighted by Gasteiger charge is -2.37. The molecule has 0 spiro atoms. The Morgan fingerprint density at radius 2 is 1.81 bits per heavy atom. The zero-order valence-corrected chi connectivity index (χ0v) is 18.8. The largest absolute Gasteiger partial charge is 0.465 e. The Bertz CT molecular complexity index is 1120. The summed E-state index contributed by atoms with van der Waals surface area (Å²) in [6, 6.07) is 10.4. The van der Waals surface area contributed by atoms with E-state index in [4.69, 9.17) is 8.83 Å². The lowest BCUT2D eigenvalue weighted by molar-refractivity contribution is 0.0830. The summed E-state index contributed by atoms with van der Waals surface area (Å²) in [7, 11) is 2.11. The fraction of sp³-hybridized carbons (Fsp3) is 0.391. The summed E-state index contributed by atoms with van der Waals surface area (Å²) in [5.74, 6) is 1.28. The van der Waals surface area contributed by atoms with Gasteiger partial charge in [0.1, 0.15) is 17.1 Å². The summed E-state index contributed by atoms with van der Waals surface area (Å²) in [6.07, 6.45) is 0. The lowest BCUT2D eigenvalue weighted by Crippen LogP contribution is -2.48. The van der Waals surface area contributed by atoms with Crippen molar-refractivity contribution in [1.29, 1.82) is 0 Å². The van der Waals surface area contributed by atoms with Crippen LogP contribution in [0.2, 0.25) is 0 Å². The molecular formula is C23H28ClN3O4. The molecule has 1 aliphatic heterocycles. The maximum Gasteiger partial charge on any atom is 0.287 e. The van der Waals surface area contributed by atoms with Crippen LogP contribution in [0.25, 0.3) is 11.0 Å². The van der Waals surface area contributed by atoms with Crippen LogP contribution in [0.3, 0.4) is 0 Å². The van der Waals surface area contributed by atoms with Gasteiger partial charge in [0.15, 0.2) is 11.2 Å². The van der Waals surface area contributed by atoms with Crippen LogP contribution in [-0.2, 0) is 0 Å². The number of nitrogens with zero attached hydrogens (tertiary/aromatic N) is 2. The molecule has 8 heteroatoms. The molecule has 1 amide bonds. The van der Waals surface area contributed by atoms with Crippen molar-refractivity contribution in [3.8, 4) is 0 Å². The highest BCUT2D eigenvalue weighted by Gasteiger charge is 2.27. The first-order chi connectivity index (χ1) is 14.4. The van der Waals surface area contributed by atoms with E-state index in [1.807, 2.05) is 32.0 Å². The molecule has 7 nitrogen and oxygen atoms in total. The van der Waals surface area contributed by atoms with Gasteiger partial charge in [0.25, 0.3) is 5.91 Å². The van der Waals surface area contributed by atoms with Crippen LogP contribution in [0.5, 0.6) is 0 Å². The Kier molecular flexibility index (Phi) is 7.20. The molecule has 31 heavy (non-hydrogen) atoms. The van der Waals surface area contributed by atoms with E-state index in [2.05, 4.69) is 22.2 Å². The minimum absolute atomic E-state index is 0. The third kappa shape index (κ3) is 5.18. The van der Waals surface area contributed by atoms with Crippen molar-refractivity contribution in [2.24, 2.45) is 0 Å². The van der Waals surface area contributed by atoms with Crippen LogP contribution >= 0.6 is 12.4 Å². The summed E-state index contributed by atoms with van der Waals surface area (Å²) < 4.78 is 11.6. The van der Waals surface area contributed by atoms with E-state index in [0.29, 0.717) is 17.5 Å². The number of piperazine rings is 1. The molecule has 1 fully saturated rings. The number of carbonyl (C=O) groups excluding carboxylic acids is 1. The summed E-state index contributed by atoms with van der Waals surface area (Å²) >= 11 is 0. The van der Waals surface area contributed by atoms with Crippen molar-refractivity contribution in [2.75, 3.05) is 39.8 Å². The first-order valence-corrected chi connectivity index (χ1v) is 10.2. The second-order valence-corrected chi connectivity index (χ2v) is 7.99. The van der Waals surface area contributed by atoms with Gasteiger partial charge < -0.3 is 19.1 Å². The number of amides is 1. The number of nitrogens with one attached hydrogen (secondary N) is 1. The van der Waals surface area contributed by atoms with Crippen LogP contribution in [0.4, 0.5) is 0 Å². The fourth-order valence-electron chi connectivity index (χ4n) is 3.83. The molecule has 0 aliphatic carbocycles. The van der Waals surface area contributed by atoms with Gasteiger partial charge in [0, 0.05) is 38.8 Å². The average Bonchev–Trinajstić information content (AvgIpc) is 3.15. The van der Waals surface area contributed by atoms with E-state index in [1.165, 1.54) is 6.07 Å². The second kappa shape index (κ2) is 9.68. The molecule has 0 saturated carbocycles. The summed E-state index contributed by atoms with van der Waals surface area (Å²) in [4.78, 5) is 29.8. The van der Waals surface area contributed by atoms with Crippen LogP contribution < -0.4 is 10.7 Å². The molecule has 4 rings (SSSR count). The highest BCUT2D eigenvalue weighted by Crippen LogP contribution is 2.24. The molecule has 1 unspecified atom stereocenters. The van der Waals surface area contributed by atoms with Crippen LogP contribution in [0.1, 0.15) is 33.7 Å². The van der Waals surface area contributed by atoms with Gasteiger partial charge >= 0.3 is 0 Å². The van der Waals surface area contributed by atoms with Crippen molar-refractivity contribution in [3.63, 3.8) is 0 Å². The third-order valence-electron chi connectivity index (χ3n) is 5.63. The van der Waals surface area contributed by atoms with Crippen molar-refractivity contribution in [2.45, 2.75) is 19.9 Å². The van der Waals surface area contributed by atoms with Gasteiger partial charge in [-0.3, -0.25) is 14.5 Å². The molecule has 1 atom stereocenters. The zero-order chi connectivity index (χ0) is 21.3. The quantitative estimate of drug-likeness (QED) is 0.650. The monoisotopic (exact) mass is 445 g/mol. The fourth-order valence-corrected chi connectivity index (χ4v) is 3.83. The van der Waals surface area contributed by atoms with Gasteiger partial charge in [-0.25, -0.2) is 0 Å². The van der Waals surface area contributed by atoms with E-state index < -0.39 is 5.91 Å². The minimum atomic E-state index is -0.406. The molecule has 1 saturated heterocycles. The number of aryl methyl sites for hydroxylation is 2. The summed E-state index contributed by atoms with van der Waals surface area (Å²) in [5, 5.41) is 3.41. The number of carbonyl (C=O) groups is 1.